The Labute approximate surface area is 161 Å². The van der Waals surface area contributed by atoms with E-state index in [9.17, 15) is 13.2 Å². The van der Waals surface area contributed by atoms with Gasteiger partial charge in [0.1, 0.15) is 5.75 Å². The van der Waals surface area contributed by atoms with Crippen LogP contribution in [0.1, 0.15) is 28.9 Å². The maximum Gasteiger partial charge on any atom is 0.252 e. The van der Waals surface area contributed by atoms with Crippen molar-refractivity contribution in [1.82, 2.24) is 10.2 Å². The van der Waals surface area contributed by atoms with Gasteiger partial charge in [-0.15, -0.1) is 0 Å². The van der Waals surface area contributed by atoms with Crippen molar-refractivity contribution in [3.8, 4) is 5.75 Å². The molecule has 1 N–H and O–H groups in total. The van der Waals surface area contributed by atoms with E-state index in [1.54, 1.807) is 26.2 Å². The van der Waals surface area contributed by atoms with Crippen LogP contribution in [0.3, 0.4) is 0 Å². The van der Waals surface area contributed by atoms with Crippen LogP contribution in [0.2, 0.25) is 0 Å². The normalized spacial score (nSPS) is 12.6. The number of benzene rings is 2. The van der Waals surface area contributed by atoms with Crippen molar-refractivity contribution in [3.05, 3.63) is 59.7 Å². The molecular weight excluding hydrogens is 364 g/mol. The monoisotopic (exact) mass is 390 g/mol. The second kappa shape index (κ2) is 9.01. The molecule has 2 rings (SSSR count). The van der Waals surface area contributed by atoms with E-state index in [0.29, 0.717) is 6.54 Å². The molecule has 0 saturated carbocycles. The number of amides is 1. The Bertz CT molecular complexity index is 894. The fourth-order valence-electron chi connectivity index (χ4n) is 2.88. The van der Waals surface area contributed by atoms with Crippen LogP contribution in [0.15, 0.2) is 53.4 Å². The first-order valence-corrected chi connectivity index (χ1v) is 10.4. The van der Waals surface area contributed by atoms with Gasteiger partial charge in [-0.05, 0) is 32.3 Å². The average molecular weight is 391 g/mol. The minimum absolute atomic E-state index is 0.0567. The zero-order valence-corrected chi connectivity index (χ0v) is 16.9. The van der Waals surface area contributed by atoms with Gasteiger partial charge >= 0.3 is 0 Å². The molecule has 0 radical (unpaired) electrons. The van der Waals surface area contributed by atoms with E-state index in [2.05, 4.69) is 5.32 Å². The molecule has 0 bridgehead atoms. The third-order valence-corrected chi connectivity index (χ3v) is 6.21. The molecule has 6 nitrogen and oxygen atoms in total. The Morgan fingerprint density at radius 2 is 1.74 bits per heavy atom. The van der Waals surface area contributed by atoms with E-state index < -0.39 is 15.7 Å². The Kier molecular flexibility index (Phi) is 6.98. The Balaban J connectivity index is 2.26. The smallest absolute Gasteiger partial charge is 0.252 e. The summed E-state index contributed by atoms with van der Waals surface area (Å²) in [6.07, 6.45) is 0. The van der Waals surface area contributed by atoms with E-state index in [1.165, 1.54) is 12.1 Å². The number of hydrogen-bond acceptors (Lipinski definition) is 5. The quantitative estimate of drug-likeness (QED) is 0.750. The molecular formula is C20H26N2O4S. The maximum atomic E-state index is 12.7. The summed E-state index contributed by atoms with van der Waals surface area (Å²) in [6.45, 7) is 1.88. The molecule has 146 valence electrons. The Morgan fingerprint density at radius 1 is 1.11 bits per heavy atom. The molecule has 7 heteroatoms. The van der Waals surface area contributed by atoms with Gasteiger partial charge in [-0.25, -0.2) is 8.42 Å². The second-order valence-electron chi connectivity index (χ2n) is 6.33. The number of likely N-dealkylation sites (N-methyl/N-ethyl adjacent to an activating group) is 1. The summed E-state index contributed by atoms with van der Waals surface area (Å²) in [5, 5.41) is 2.87. The summed E-state index contributed by atoms with van der Waals surface area (Å²) in [5.41, 5.74) is 1.11. The highest BCUT2D eigenvalue weighted by atomic mass is 32.2. The zero-order valence-electron chi connectivity index (χ0n) is 16.1. The van der Waals surface area contributed by atoms with Gasteiger partial charge in [0.05, 0.1) is 29.4 Å². The Morgan fingerprint density at radius 3 is 2.37 bits per heavy atom. The number of carbonyl (C=O) groups excluding carboxylic acids is 1. The molecule has 1 unspecified atom stereocenters. The summed E-state index contributed by atoms with van der Waals surface area (Å²) < 4.78 is 30.0. The average Bonchev–Trinajstić information content (AvgIpc) is 2.68. The molecule has 0 aliphatic carbocycles. The third-order valence-electron chi connectivity index (χ3n) is 4.42. The molecule has 1 atom stereocenters. The SMILES string of the molecule is CCS(=O)(=O)c1ccccc1C(=O)NCC(c1ccccc1OC)N(C)C. The van der Waals surface area contributed by atoms with Crippen molar-refractivity contribution >= 4 is 15.7 Å². The van der Waals surface area contributed by atoms with Crippen molar-refractivity contribution in [3.63, 3.8) is 0 Å². The first-order valence-electron chi connectivity index (χ1n) is 8.71. The van der Waals surface area contributed by atoms with Crippen molar-refractivity contribution < 1.29 is 17.9 Å². The van der Waals surface area contributed by atoms with Crippen molar-refractivity contribution in [2.75, 3.05) is 33.5 Å². The summed E-state index contributed by atoms with van der Waals surface area (Å²) in [7, 11) is 1.96. The van der Waals surface area contributed by atoms with Crippen molar-refractivity contribution in [2.24, 2.45) is 0 Å². The first-order chi connectivity index (χ1) is 12.8. The third kappa shape index (κ3) is 4.87. The number of ether oxygens (including phenoxy) is 1. The highest BCUT2D eigenvalue weighted by molar-refractivity contribution is 7.91. The minimum atomic E-state index is -3.48. The zero-order chi connectivity index (χ0) is 20.0. The molecule has 0 aliphatic heterocycles. The fourth-order valence-corrected chi connectivity index (χ4v) is 3.97. The maximum absolute atomic E-state index is 12.7. The lowest BCUT2D eigenvalue weighted by molar-refractivity contribution is 0.0938. The summed E-state index contributed by atoms with van der Waals surface area (Å²) >= 11 is 0. The van der Waals surface area contributed by atoms with Crippen LogP contribution in [0.5, 0.6) is 5.75 Å². The largest absolute Gasteiger partial charge is 0.496 e. The number of nitrogens with one attached hydrogen (secondary N) is 1. The summed E-state index contributed by atoms with van der Waals surface area (Å²) in [6, 6.07) is 13.8. The standard InChI is InChI=1S/C20H26N2O4S/c1-5-27(24,25)19-13-9-7-11-16(19)20(23)21-14-17(22(2)3)15-10-6-8-12-18(15)26-4/h6-13,17H,5,14H2,1-4H3,(H,21,23). The molecule has 2 aromatic rings. The summed E-state index contributed by atoms with van der Waals surface area (Å²) in [5.74, 6) is 0.266. The van der Waals surface area contributed by atoms with Gasteiger partial charge < -0.3 is 15.0 Å². The first kappa shape index (κ1) is 20.9. The molecule has 0 aromatic heterocycles. The number of sulfone groups is 1. The van der Waals surface area contributed by atoms with E-state index in [0.717, 1.165) is 11.3 Å². The molecule has 0 heterocycles. The highest BCUT2D eigenvalue weighted by Gasteiger charge is 2.23. The van der Waals surface area contributed by atoms with Crippen LogP contribution < -0.4 is 10.1 Å². The highest BCUT2D eigenvalue weighted by Crippen LogP contribution is 2.27. The number of nitrogens with zero attached hydrogens (tertiary/aromatic N) is 1. The lowest BCUT2D eigenvalue weighted by atomic mass is 10.0. The number of carbonyl (C=O) groups is 1. The van der Waals surface area contributed by atoms with Gasteiger partial charge in [0.15, 0.2) is 9.84 Å². The number of hydrogen-bond donors (Lipinski definition) is 1. The number of rotatable bonds is 8. The van der Waals surface area contributed by atoms with Gasteiger partial charge in [0.2, 0.25) is 0 Å². The number of para-hydroxylation sites is 1. The lowest BCUT2D eigenvalue weighted by Crippen LogP contribution is -2.35. The van der Waals surface area contributed by atoms with E-state index in [-0.39, 0.29) is 22.3 Å². The molecule has 0 spiro atoms. The van der Waals surface area contributed by atoms with Crippen molar-refractivity contribution in [2.45, 2.75) is 17.9 Å². The van der Waals surface area contributed by atoms with E-state index >= 15 is 0 Å². The second-order valence-corrected chi connectivity index (χ2v) is 8.58. The van der Waals surface area contributed by atoms with Crippen molar-refractivity contribution in [1.29, 1.82) is 0 Å². The van der Waals surface area contributed by atoms with Crippen LogP contribution in [0.4, 0.5) is 0 Å². The topological polar surface area (TPSA) is 75.7 Å². The van der Waals surface area contributed by atoms with Crippen LogP contribution >= 0.6 is 0 Å². The number of methoxy groups -OCH3 is 1. The molecule has 27 heavy (non-hydrogen) atoms. The molecule has 1 amide bonds. The predicted molar refractivity (Wildman–Crippen MR) is 106 cm³/mol. The van der Waals surface area contributed by atoms with E-state index in [4.69, 9.17) is 4.74 Å². The van der Waals surface area contributed by atoms with Crippen LogP contribution in [-0.2, 0) is 9.84 Å². The van der Waals surface area contributed by atoms with Gasteiger partial charge in [-0.1, -0.05) is 37.3 Å². The van der Waals surface area contributed by atoms with Gasteiger partial charge in [0.25, 0.3) is 5.91 Å². The predicted octanol–water partition coefficient (Wildman–Crippen LogP) is 2.52. The van der Waals surface area contributed by atoms with Crippen LogP contribution in [0.25, 0.3) is 0 Å². The molecule has 0 fully saturated rings. The lowest BCUT2D eigenvalue weighted by Gasteiger charge is -2.26. The van der Waals surface area contributed by atoms with Gasteiger partial charge in [-0.3, -0.25) is 4.79 Å². The molecule has 0 saturated heterocycles. The molecule has 2 aromatic carbocycles. The van der Waals surface area contributed by atoms with Gasteiger partial charge in [-0.2, -0.15) is 0 Å². The van der Waals surface area contributed by atoms with Crippen LogP contribution in [0, 0.1) is 0 Å². The van der Waals surface area contributed by atoms with E-state index in [1.807, 2.05) is 43.3 Å². The fraction of sp³-hybridized carbons (Fsp3) is 0.350. The Hall–Kier alpha value is -2.38. The van der Waals surface area contributed by atoms with Crippen LogP contribution in [-0.4, -0.2) is 52.7 Å². The minimum Gasteiger partial charge on any atom is -0.496 e. The molecule has 0 aliphatic rings. The van der Waals surface area contributed by atoms with Gasteiger partial charge in [0, 0.05) is 12.1 Å². The summed E-state index contributed by atoms with van der Waals surface area (Å²) in [4.78, 5) is 14.8.